The van der Waals surface area contributed by atoms with Crippen molar-refractivity contribution in [2.45, 2.75) is 37.9 Å². The molecule has 2 atom stereocenters. The van der Waals surface area contributed by atoms with Crippen LogP contribution in [0.5, 0.6) is 5.75 Å². The third-order valence-electron chi connectivity index (χ3n) is 6.38. The first kappa shape index (κ1) is 24.6. The topological polar surface area (TPSA) is 66.9 Å². The Morgan fingerprint density at radius 2 is 1.38 bits per heavy atom. The van der Waals surface area contributed by atoms with Crippen molar-refractivity contribution in [2.75, 3.05) is 9.21 Å². The third-order valence-corrected chi connectivity index (χ3v) is 8.19. The number of rotatable bonds is 7. The normalized spacial score (nSPS) is 17.3. The molecule has 37 heavy (non-hydrogen) atoms. The van der Waals surface area contributed by atoms with Gasteiger partial charge < -0.3 is 4.74 Å². The Hall–Kier alpha value is -4.10. The van der Waals surface area contributed by atoms with Crippen LogP contribution in [0.3, 0.4) is 0 Å². The summed E-state index contributed by atoms with van der Waals surface area (Å²) in [5, 5.41) is 0. The van der Waals surface area contributed by atoms with Gasteiger partial charge in [-0.15, -0.1) is 0 Å². The number of carbonyl (C=O) groups excluding carboxylic acids is 1. The average Bonchev–Trinajstić information content (AvgIpc) is 2.88. The van der Waals surface area contributed by atoms with Crippen LogP contribution in [0.2, 0.25) is 0 Å². The van der Waals surface area contributed by atoms with E-state index in [1.165, 1.54) is 9.21 Å². The van der Waals surface area contributed by atoms with Crippen LogP contribution in [0.25, 0.3) is 0 Å². The molecule has 1 saturated heterocycles. The molecule has 0 saturated carbocycles. The Balaban J connectivity index is 1.68. The van der Waals surface area contributed by atoms with Crippen molar-refractivity contribution < 1.29 is 17.9 Å². The molecule has 188 valence electrons. The number of nitrogens with zero attached hydrogens (tertiary/aromatic N) is 2. The number of amides is 1. The third kappa shape index (κ3) is 4.70. The molecule has 4 aromatic rings. The Kier molecular flexibility index (Phi) is 6.48. The summed E-state index contributed by atoms with van der Waals surface area (Å²) in [6.45, 7) is 5.74. The standard InChI is InChI=1S/C30H28N2O4S/c1-21-15-17-27(18-16-21)37(34,35)32(25-12-8-10-23(3)20-25)29-28(36-26-13-5-4-6-14-26)30(33)31(29)24-11-7-9-22(2)19-24/h4-20,28-29H,1-3H3/t28-,29-/m0/s1. The van der Waals surface area contributed by atoms with E-state index in [0.29, 0.717) is 17.1 Å². The maximum atomic E-state index is 14.3. The van der Waals surface area contributed by atoms with E-state index < -0.39 is 22.3 Å². The number of sulfonamides is 1. The van der Waals surface area contributed by atoms with Crippen LogP contribution in [-0.4, -0.2) is 26.6 Å². The molecule has 1 heterocycles. The van der Waals surface area contributed by atoms with E-state index in [1.807, 2.05) is 81.4 Å². The van der Waals surface area contributed by atoms with Crippen molar-refractivity contribution in [2.24, 2.45) is 0 Å². The monoisotopic (exact) mass is 512 g/mol. The highest BCUT2D eigenvalue weighted by Gasteiger charge is 2.56. The quantitative estimate of drug-likeness (QED) is 0.301. The van der Waals surface area contributed by atoms with Crippen LogP contribution in [0.4, 0.5) is 11.4 Å². The van der Waals surface area contributed by atoms with Gasteiger partial charge in [0.15, 0.2) is 6.17 Å². The van der Waals surface area contributed by atoms with Crippen molar-refractivity contribution in [3.63, 3.8) is 0 Å². The second kappa shape index (κ2) is 9.75. The summed E-state index contributed by atoms with van der Waals surface area (Å²) in [6.07, 6.45) is -1.98. The van der Waals surface area contributed by atoms with Gasteiger partial charge in [-0.1, -0.05) is 60.2 Å². The summed E-state index contributed by atoms with van der Waals surface area (Å²) in [7, 11) is -4.09. The maximum absolute atomic E-state index is 14.3. The summed E-state index contributed by atoms with van der Waals surface area (Å²) in [5.41, 5.74) is 3.87. The van der Waals surface area contributed by atoms with Crippen LogP contribution in [-0.2, 0) is 14.8 Å². The van der Waals surface area contributed by atoms with E-state index in [1.54, 1.807) is 42.5 Å². The SMILES string of the molecule is Cc1ccc(S(=O)(=O)N(c2cccc(C)c2)[C@H]2[C@H](Oc3ccccc3)C(=O)N2c2cccc(C)c2)cc1. The molecule has 4 aromatic carbocycles. The summed E-state index contributed by atoms with van der Waals surface area (Å²) < 4.78 is 36.0. The zero-order valence-electron chi connectivity index (χ0n) is 20.9. The Morgan fingerprint density at radius 1 is 0.730 bits per heavy atom. The fourth-order valence-electron chi connectivity index (χ4n) is 4.51. The number of ether oxygens (including phenoxy) is 1. The minimum absolute atomic E-state index is 0.140. The number of hydrogen-bond donors (Lipinski definition) is 0. The molecule has 0 aliphatic carbocycles. The minimum Gasteiger partial charge on any atom is -0.476 e. The average molecular weight is 513 g/mol. The predicted molar refractivity (Wildman–Crippen MR) is 145 cm³/mol. The minimum atomic E-state index is -4.09. The van der Waals surface area contributed by atoms with Crippen LogP contribution in [0.1, 0.15) is 16.7 Å². The van der Waals surface area contributed by atoms with Gasteiger partial charge in [0.1, 0.15) is 5.75 Å². The maximum Gasteiger partial charge on any atom is 0.274 e. The molecule has 1 fully saturated rings. The highest BCUT2D eigenvalue weighted by Crippen LogP contribution is 2.39. The second-order valence-corrected chi connectivity index (χ2v) is 11.1. The van der Waals surface area contributed by atoms with Gasteiger partial charge in [-0.05, 0) is 80.4 Å². The Labute approximate surface area is 217 Å². The molecule has 0 bridgehead atoms. The van der Waals surface area contributed by atoms with Gasteiger partial charge in [0.05, 0.1) is 10.6 Å². The van der Waals surface area contributed by atoms with Gasteiger partial charge in [-0.2, -0.15) is 0 Å². The van der Waals surface area contributed by atoms with Gasteiger partial charge in [-0.25, -0.2) is 12.7 Å². The molecule has 0 aromatic heterocycles. The lowest BCUT2D eigenvalue weighted by Gasteiger charge is -2.51. The predicted octanol–water partition coefficient (Wildman–Crippen LogP) is 5.63. The lowest BCUT2D eigenvalue weighted by Crippen LogP contribution is -2.74. The van der Waals surface area contributed by atoms with Crippen LogP contribution >= 0.6 is 0 Å². The molecular formula is C30H28N2O4S. The summed E-state index contributed by atoms with van der Waals surface area (Å²) in [5.74, 6) is 0.183. The fourth-order valence-corrected chi connectivity index (χ4v) is 6.10. The van der Waals surface area contributed by atoms with Gasteiger partial charge >= 0.3 is 0 Å². The van der Waals surface area contributed by atoms with Gasteiger partial charge in [0.25, 0.3) is 15.9 Å². The molecule has 1 aliphatic rings. The van der Waals surface area contributed by atoms with Crippen molar-refractivity contribution in [3.05, 3.63) is 120 Å². The second-order valence-electron chi connectivity index (χ2n) is 9.27. The molecule has 0 N–H and O–H groups in total. The zero-order chi connectivity index (χ0) is 26.2. The molecule has 0 spiro atoms. The van der Waals surface area contributed by atoms with Crippen LogP contribution < -0.4 is 13.9 Å². The van der Waals surface area contributed by atoms with Crippen LogP contribution in [0.15, 0.2) is 108 Å². The van der Waals surface area contributed by atoms with Crippen molar-refractivity contribution in [1.29, 1.82) is 0 Å². The molecule has 1 aliphatic heterocycles. The highest BCUT2D eigenvalue weighted by molar-refractivity contribution is 7.92. The van der Waals surface area contributed by atoms with E-state index in [0.717, 1.165) is 16.7 Å². The number of benzene rings is 4. The van der Waals surface area contributed by atoms with Crippen LogP contribution in [0, 0.1) is 20.8 Å². The van der Waals surface area contributed by atoms with E-state index in [2.05, 4.69) is 0 Å². The van der Waals surface area contributed by atoms with Crippen molar-refractivity contribution >= 4 is 27.3 Å². The lowest BCUT2D eigenvalue weighted by atomic mass is 10.0. The Morgan fingerprint density at radius 3 is 2.03 bits per heavy atom. The molecule has 1 amide bonds. The highest BCUT2D eigenvalue weighted by atomic mass is 32.2. The van der Waals surface area contributed by atoms with Crippen molar-refractivity contribution in [1.82, 2.24) is 0 Å². The van der Waals surface area contributed by atoms with Crippen molar-refractivity contribution in [3.8, 4) is 5.75 Å². The molecular weight excluding hydrogens is 484 g/mol. The fraction of sp³-hybridized carbons (Fsp3) is 0.167. The molecule has 7 heteroatoms. The van der Waals surface area contributed by atoms with E-state index in [-0.39, 0.29) is 10.8 Å². The molecule has 0 radical (unpaired) electrons. The molecule has 0 unspecified atom stereocenters. The number of aryl methyl sites for hydroxylation is 3. The number of anilines is 2. The zero-order valence-corrected chi connectivity index (χ0v) is 21.7. The summed E-state index contributed by atoms with van der Waals surface area (Å²) in [4.78, 5) is 15.2. The van der Waals surface area contributed by atoms with Gasteiger partial charge in [0.2, 0.25) is 6.10 Å². The molecule has 6 nitrogen and oxygen atoms in total. The van der Waals surface area contributed by atoms with Gasteiger partial charge in [0, 0.05) is 5.69 Å². The number of hydrogen-bond acceptors (Lipinski definition) is 4. The number of β-lactam (4-membered cyclic amide) rings is 1. The number of para-hydroxylation sites is 1. The lowest BCUT2D eigenvalue weighted by molar-refractivity contribution is -0.134. The van der Waals surface area contributed by atoms with E-state index >= 15 is 0 Å². The first-order chi connectivity index (χ1) is 17.8. The summed E-state index contributed by atoms with van der Waals surface area (Å²) in [6, 6.07) is 30.5. The first-order valence-corrected chi connectivity index (χ1v) is 13.5. The van der Waals surface area contributed by atoms with E-state index in [9.17, 15) is 13.2 Å². The first-order valence-electron chi connectivity index (χ1n) is 12.0. The summed E-state index contributed by atoms with van der Waals surface area (Å²) >= 11 is 0. The Bertz CT molecular complexity index is 1540. The van der Waals surface area contributed by atoms with E-state index in [4.69, 9.17) is 4.74 Å². The number of carbonyl (C=O) groups is 1. The van der Waals surface area contributed by atoms with Gasteiger partial charge in [-0.3, -0.25) is 9.69 Å². The largest absolute Gasteiger partial charge is 0.476 e. The molecule has 5 rings (SSSR count). The smallest absolute Gasteiger partial charge is 0.274 e.